The minimum Gasteiger partial charge on any atom is -0.363 e. The van der Waals surface area contributed by atoms with Gasteiger partial charge in [0.1, 0.15) is 5.82 Å². The summed E-state index contributed by atoms with van der Waals surface area (Å²) in [6, 6.07) is 4.62. The molecule has 0 amide bonds. The molecular weight excluding hydrogens is 318 g/mol. The Hall–Kier alpha value is -1.66. The van der Waals surface area contributed by atoms with E-state index in [1.165, 1.54) is 31.2 Å². The van der Waals surface area contributed by atoms with Gasteiger partial charge in [-0.05, 0) is 66.6 Å². The van der Waals surface area contributed by atoms with Gasteiger partial charge in [-0.25, -0.2) is 4.98 Å². The smallest absolute Gasteiger partial charge is 0.224 e. The molecule has 2 aromatic rings. The van der Waals surface area contributed by atoms with Gasteiger partial charge in [-0.15, -0.1) is 0 Å². The largest absolute Gasteiger partial charge is 0.363 e. The van der Waals surface area contributed by atoms with Gasteiger partial charge in [-0.3, -0.25) is 0 Å². The zero-order valence-electron chi connectivity index (χ0n) is 14.5. The van der Waals surface area contributed by atoms with Gasteiger partial charge in [-0.1, -0.05) is 0 Å². The molecule has 0 bridgehead atoms. The third-order valence-corrected chi connectivity index (χ3v) is 5.35. The molecule has 6 heteroatoms. The average molecular weight is 346 g/mol. The van der Waals surface area contributed by atoms with Crippen molar-refractivity contribution >= 4 is 23.1 Å². The van der Waals surface area contributed by atoms with Crippen LogP contribution >= 0.6 is 11.3 Å². The number of nitrogens with zero attached hydrogens (tertiary/aromatic N) is 3. The van der Waals surface area contributed by atoms with Crippen molar-refractivity contribution in [3.05, 3.63) is 34.7 Å². The third kappa shape index (κ3) is 4.92. The molecule has 2 N–H and O–H groups in total. The first-order chi connectivity index (χ1) is 11.7. The second-order valence-electron chi connectivity index (χ2n) is 6.76. The van der Waals surface area contributed by atoms with Gasteiger partial charge in [0.15, 0.2) is 0 Å². The van der Waals surface area contributed by atoms with Crippen LogP contribution in [0.1, 0.15) is 31.2 Å². The van der Waals surface area contributed by atoms with Gasteiger partial charge in [0.2, 0.25) is 5.95 Å². The summed E-state index contributed by atoms with van der Waals surface area (Å²) in [4.78, 5) is 10.9. The number of hydrogen-bond acceptors (Lipinski definition) is 6. The lowest BCUT2D eigenvalue weighted by molar-refractivity contribution is 0.324. The highest BCUT2D eigenvalue weighted by Gasteiger charge is 2.21. The SMILES string of the molecule is CN(C)c1ccnc(NC2CCC(CNCc3ccsc3)CC2)n1. The van der Waals surface area contributed by atoms with Crippen molar-refractivity contribution in [2.24, 2.45) is 5.92 Å². The molecule has 0 unspecified atom stereocenters. The first kappa shape index (κ1) is 17.2. The maximum atomic E-state index is 4.56. The average Bonchev–Trinajstić information content (AvgIpc) is 3.10. The summed E-state index contributed by atoms with van der Waals surface area (Å²) in [5, 5.41) is 11.5. The number of anilines is 2. The van der Waals surface area contributed by atoms with Crippen LogP contribution in [0.5, 0.6) is 0 Å². The van der Waals surface area contributed by atoms with E-state index in [1.807, 2.05) is 31.3 Å². The number of hydrogen-bond donors (Lipinski definition) is 2. The van der Waals surface area contributed by atoms with Crippen molar-refractivity contribution in [3.63, 3.8) is 0 Å². The first-order valence-electron chi connectivity index (χ1n) is 8.69. The minimum absolute atomic E-state index is 0.496. The maximum absolute atomic E-state index is 4.56. The first-order valence-corrected chi connectivity index (χ1v) is 9.63. The van der Waals surface area contributed by atoms with Crippen LogP contribution in [0, 0.1) is 5.92 Å². The van der Waals surface area contributed by atoms with Crippen LogP contribution in [0.3, 0.4) is 0 Å². The molecule has 1 fully saturated rings. The summed E-state index contributed by atoms with van der Waals surface area (Å²) in [6.07, 6.45) is 6.74. The number of aromatic nitrogens is 2. The third-order valence-electron chi connectivity index (χ3n) is 4.62. The lowest BCUT2D eigenvalue weighted by Gasteiger charge is -2.29. The van der Waals surface area contributed by atoms with Crippen LogP contribution in [0.15, 0.2) is 29.1 Å². The normalized spacial score (nSPS) is 20.8. The zero-order chi connectivity index (χ0) is 16.8. The van der Waals surface area contributed by atoms with E-state index in [1.54, 1.807) is 11.3 Å². The molecule has 1 aliphatic rings. The zero-order valence-corrected chi connectivity index (χ0v) is 15.4. The summed E-state index contributed by atoms with van der Waals surface area (Å²) in [5.41, 5.74) is 1.40. The van der Waals surface area contributed by atoms with Crippen molar-refractivity contribution in [2.45, 2.75) is 38.3 Å². The van der Waals surface area contributed by atoms with E-state index < -0.39 is 0 Å². The van der Waals surface area contributed by atoms with E-state index in [4.69, 9.17) is 0 Å². The molecule has 2 aromatic heterocycles. The highest BCUT2D eigenvalue weighted by atomic mass is 32.1. The van der Waals surface area contributed by atoms with Crippen molar-refractivity contribution in [1.29, 1.82) is 0 Å². The van der Waals surface area contributed by atoms with Crippen LogP contribution < -0.4 is 15.5 Å². The van der Waals surface area contributed by atoms with Crippen molar-refractivity contribution in [3.8, 4) is 0 Å². The summed E-state index contributed by atoms with van der Waals surface area (Å²) in [7, 11) is 4.00. The quantitative estimate of drug-likeness (QED) is 0.806. The van der Waals surface area contributed by atoms with Crippen LogP contribution in [0.4, 0.5) is 11.8 Å². The molecule has 5 nitrogen and oxygen atoms in total. The lowest BCUT2D eigenvalue weighted by atomic mass is 9.86. The molecule has 0 aromatic carbocycles. The Morgan fingerprint density at radius 3 is 2.75 bits per heavy atom. The highest BCUT2D eigenvalue weighted by Crippen LogP contribution is 2.26. The molecular formula is C18H27N5S. The molecule has 1 aliphatic carbocycles. The second-order valence-corrected chi connectivity index (χ2v) is 7.54. The Morgan fingerprint density at radius 2 is 2.04 bits per heavy atom. The molecule has 0 atom stereocenters. The second kappa shape index (κ2) is 8.44. The molecule has 0 aliphatic heterocycles. The van der Waals surface area contributed by atoms with Crippen LogP contribution in [-0.2, 0) is 6.54 Å². The lowest BCUT2D eigenvalue weighted by Crippen LogP contribution is -2.31. The van der Waals surface area contributed by atoms with Gasteiger partial charge in [0, 0.05) is 32.9 Å². The van der Waals surface area contributed by atoms with E-state index in [0.717, 1.165) is 30.8 Å². The van der Waals surface area contributed by atoms with Gasteiger partial charge in [-0.2, -0.15) is 16.3 Å². The minimum atomic E-state index is 0.496. The van der Waals surface area contributed by atoms with Crippen molar-refractivity contribution in [1.82, 2.24) is 15.3 Å². The predicted molar refractivity (Wildman–Crippen MR) is 102 cm³/mol. The van der Waals surface area contributed by atoms with Gasteiger partial charge in [0.05, 0.1) is 0 Å². The van der Waals surface area contributed by atoms with E-state index in [0.29, 0.717) is 6.04 Å². The van der Waals surface area contributed by atoms with Crippen LogP contribution in [0.25, 0.3) is 0 Å². The van der Waals surface area contributed by atoms with E-state index in [2.05, 4.69) is 37.4 Å². The van der Waals surface area contributed by atoms with Gasteiger partial charge in [0.25, 0.3) is 0 Å². The fourth-order valence-electron chi connectivity index (χ4n) is 3.18. The summed E-state index contributed by atoms with van der Waals surface area (Å²) in [6.45, 7) is 2.11. The fourth-order valence-corrected chi connectivity index (χ4v) is 3.84. The fraction of sp³-hybridized carbons (Fsp3) is 0.556. The van der Waals surface area contributed by atoms with Crippen molar-refractivity contribution < 1.29 is 0 Å². The van der Waals surface area contributed by atoms with E-state index in [9.17, 15) is 0 Å². The maximum Gasteiger partial charge on any atom is 0.224 e. The Balaban J connectivity index is 1.39. The molecule has 3 rings (SSSR count). The summed E-state index contributed by atoms with van der Waals surface area (Å²) >= 11 is 1.77. The van der Waals surface area contributed by atoms with E-state index >= 15 is 0 Å². The van der Waals surface area contributed by atoms with Gasteiger partial charge < -0.3 is 15.5 Å². The Bertz CT molecular complexity index is 606. The van der Waals surface area contributed by atoms with Crippen LogP contribution in [-0.4, -0.2) is 36.6 Å². The van der Waals surface area contributed by atoms with Crippen LogP contribution in [0.2, 0.25) is 0 Å². The standard InChI is InChI=1S/C18H27N5S/c1-23(2)17-7-9-20-18(22-17)21-16-5-3-14(4-6-16)11-19-12-15-8-10-24-13-15/h7-10,13-14,16,19H,3-6,11-12H2,1-2H3,(H,20,21,22). The summed E-state index contributed by atoms with van der Waals surface area (Å²) in [5.74, 6) is 2.48. The summed E-state index contributed by atoms with van der Waals surface area (Å²) < 4.78 is 0. The molecule has 2 heterocycles. The Morgan fingerprint density at radius 1 is 1.21 bits per heavy atom. The molecule has 1 saturated carbocycles. The predicted octanol–water partition coefficient (Wildman–Crippen LogP) is 3.36. The molecule has 0 radical (unpaired) electrons. The highest BCUT2D eigenvalue weighted by molar-refractivity contribution is 7.07. The van der Waals surface area contributed by atoms with E-state index in [-0.39, 0.29) is 0 Å². The Labute approximate surface area is 148 Å². The number of rotatable bonds is 7. The number of thiophene rings is 1. The topological polar surface area (TPSA) is 53.1 Å². The molecule has 0 saturated heterocycles. The Kier molecular flexibility index (Phi) is 6.04. The molecule has 0 spiro atoms. The van der Waals surface area contributed by atoms with Gasteiger partial charge >= 0.3 is 0 Å². The molecule has 24 heavy (non-hydrogen) atoms. The number of nitrogens with one attached hydrogen (secondary N) is 2. The molecule has 130 valence electrons. The monoisotopic (exact) mass is 345 g/mol. The van der Waals surface area contributed by atoms with Crippen molar-refractivity contribution in [2.75, 3.05) is 30.9 Å².